The number of pyridine rings is 1. The molecule has 0 unspecified atom stereocenters. The van der Waals surface area contributed by atoms with Gasteiger partial charge in [0.1, 0.15) is 11.5 Å². The Hall–Kier alpha value is -2.37. The molecule has 94 valence electrons. The predicted octanol–water partition coefficient (Wildman–Crippen LogP) is 1.32. The van der Waals surface area contributed by atoms with Crippen molar-refractivity contribution in [2.75, 3.05) is 0 Å². The Morgan fingerprint density at radius 3 is 2.89 bits per heavy atom. The molecule has 1 amide bonds. The van der Waals surface area contributed by atoms with E-state index in [0.29, 0.717) is 5.89 Å². The van der Waals surface area contributed by atoms with E-state index in [-0.39, 0.29) is 17.9 Å². The Kier molecular flexibility index (Phi) is 3.27. The maximum absolute atomic E-state index is 11.8. The van der Waals surface area contributed by atoms with Gasteiger partial charge >= 0.3 is 0 Å². The Bertz CT molecular complexity index is 558. The maximum Gasteiger partial charge on any atom is 0.255 e. The number of hydrogen-bond acceptors (Lipinski definition) is 5. The summed E-state index contributed by atoms with van der Waals surface area (Å²) in [6, 6.07) is 1.44. The zero-order valence-corrected chi connectivity index (χ0v) is 10.1. The summed E-state index contributed by atoms with van der Waals surface area (Å²) in [4.78, 5) is 19.6. The number of carbonyl (C=O) groups is 1. The zero-order chi connectivity index (χ0) is 13.1. The van der Waals surface area contributed by atoms with E-state index in [4.69, 9.17) is 4.42 Å². The molecule has 0 saturated carbocycles. The number of rotatable bonds is 3. The third-order valence-corrected chi connectivity index (χ3v) is 2.52. The average molecular weight is 247 g/mol. The van der Waals surface area contributed by atoms with Crippen molar-refractivity contribution in [1.82, 2.24) is 15.3 Å². The lowest BCUT2D eigenvalue weighted by molar-refractivity contribution is 0.0944. The number of hydrogen-bond donors (Lipinski definition) is 2. The molecule has 0 bridgehead atoms. The number of aromatic hydroxyl groups is 1. The molecule has 2 heterocycles. The average Bonchev–Trinajstić information content (AvgIpc) is 2.66. The van der Waals surface area contributed by atoms with Gasteiger partial charge in [-0.3, -0.25) is 9.78 Å². The van der Waals surface area contributed by atoms with Crippen LogP contribution in [0.5, 0.6) is 5.75 Å². The van der Waals surface area contributed by atoms with Crippen molar-refractivity contribution in [2.45, 2.75) is 20.4 Å². The second kappa shape index (κ2) is 4.87. The zero-order valence-electron chi connectivity index (χ0n) is 10.1. The number of amides is 1. The molecule has 2 N–H and O–H groups in total. The molecule has 0 spiro atoms. The largest absolute Gasteiger partial charge is 0.505 e. The lowest BCUT2D eigenvalue weighted by Crippen LogP contribution is -2.23. The minimum Gasteiger partial charge on any atom is -0.505 e. The smallest absolute Gasteiger partial charge is 0.255 e. The topological polar surface area (TPSA) is 88.2 Å². The van der Waals surface area contributed by atoms with Crippen LogP contribution in [0.4, 0.5) is 0 Å². The van der Waals surface area contributed by atoms with E-state index in [1.165, 1.54) is 18.5 Å². The van der Waals surface area contributed by atoms with E-state index in [1.54, 1.807) is 0 Å². The Morgan fingerprint density at radius 2 is 2.28 bits per heavy atom. The summed E-state index contributed by atoms with van der Waals surface area (Å²) in [5.74, 6) is 0.607. The summed E-state index contributed by atoms with van der Waals surface area (Å²) in [5.41, 5.74) is 0.969. The molecule has 2 aromatic rings. The summed E-state index contributed by atoms with van der Waals surface area (Å²) in [6.45, 7) is 3.82. The van der Waals surface area contributed by atoms with Crippen LogP contribution in [0, 0.1) is 13.8 Å². The van der Waals surface area contributed by atoms with Crippen molar-refractivity contribution in [3.8, 4) is 5.75 Å². The fourth-order valence-electron chi connectivity index (χ4n) is 1.44. The first-order valence-electron chi connectivity index (χ1n) is 5.42. The van der Waals surface area contributed by atoms with Gasteiger partial charge in [-0.2, -0.15) is 0 Å². The highest BCUT2D eigenvalue weighted by atomic mass is 16.4. The van der Waals surface area contributed by atoms with E-state index < -0.39 is 5.91 Å². The van der Waals surface area contributed by atoms with Crippen LogP contribution in [-0.2, 0) is 6.54 Å². The van der Waals surface area contributed by atoms with Crippen LogP contribution < -0.4 is 5.32 Å². The van der Waals surface area contributed by atoms with Crippen LogP contribution >= 0.6 is 0 Å². The van der Waals surface area contributed by atoms with Crippen molar-refractivity contribution in [1.29, 1.82) is 0 Å². The molecular weight excluding hydrogens is 234 g/mol. The van der Waals surface area contributed by atoms with Gasteiger partial charge in [-0.15, -0.1) is 0 Å². The van der Waals surface area contributed by atoms with Gasteiger partial charge in [-0.05, 0) is 19.9 Å². The van der Waals surface area contributed by atoms with Crippen LogP contribution in [0.3, 0.4) is 0 Å². The first kappa shape index (κ1) is 12.1. The van der Waals surface area contributed by atoms with Crippen molar-refractivity contribution in [2.24, 2.45) is 0 Å². The molecule has 6 nitrogen and oxygen atoms in total. The molecule has 0 radical (unpaired) electrons. The van der Waals surface area contributed by atoms with E-state index in [0.717, 1.165) is 11.5 Å². The minimum atomic E-state index is -0.400. The van der Waals surface area contributed by atoms with Crippen LogP contribution in [0.1, 0.15) is 27.7 Å². The first-order chi connectivity index (χ1) is 8.58. The fourth-order valence-corrected chi connectivity index (χ4v) is 1.44. The third-order valence-electron chi connectivity index (χ3n) is 2.52. The quantitative estimate of drug-likeness (QED) is 0.854. The molecule has 0 aliphatic carbocycles. The molecule has 0 saturated heterocycles. The molecule has 2 aromatic heterocycles. The molecule has 0 atom stereocenters. The van der Waals surface area contributed by atoms with Crippen molar-refractivity contribution < 1.29 is 14.3 Å². The lowest BCUT2D eigenvalue weighted by Gasteiger charge is -2.03. The van der Waals surface area contributed by atoms with Gasteiger partial charge in [0.05, 0.1) is 24.0 Å². The number of oxazole rings is 1. The Labute approximate surface area is 104 Å². The van der Waals surface area contributed by atoms with Crippen molar-refractivity contribution >= 4 is 5.91 Å². The second-order valence-corrected chi connectivity index (χ2v) is 3.82. The normalized spacial score (nSPS) is 10.3. The SMILES string of the molecule is Cc1nc(CNC(=O)c2ccncc2O)oc1C. The van der Waals surface area contributed by atoms with Crippen LogP contribution in [0.25, 0.3) is 0 Å². The second-order valence-electron chi connectivity index (χ2n) is 3.82. The molecule has 0 aliphatic rings. The van der Waals surface area contributed by atoms with Gasteiger partial charge in [0.25, 0.3) is 5.91 Å². The van der Waals surface area contributed by atoms with Gasteiger partial charge in [0, 0.05) is 6.20 Å². The first-order valence-corrected chi connectivity index (χ1v) is 5.42. The van der Waals surface area contributed by atoms with E-state index in [2.05, 4.69) is 15.3 Å². The molecule has 18 heavy (non-hydrogen) atoms. The van der Waals surface area contributed by atoms with Gasteiger partial charge in [-0.1, -0.05) is 0 Å². The number of nitrogens with one attached hydrogen (secondary N) is 1. The fraction of sp³-hybridized carbons (Fsp3) is 0.250. The molecular formula is C12H13N3O3. The molecule has 0 fully saturated rings. The monoisotopic (exact) mass is 247 g/mol. The summed E-state index contributed by atoms with van der Waals surface area (Å²) < 4.78 is 5.33. The number of aryl methyl sites for hydroxylation is 2. The van der Waals surface area contributed by atoms with E-state index >= 15 is 0 Å². The number of carbonyl (C=O) groups excluding carboxylic acids is 1. The highest BCUT2D eigenvalue weighted by Crippen LogP contribution is 2.14. The number of nitrogens with zero attached hydrogens (tertiary/aromatic N) is 2. The van der Waals surface area contributed by atoms with Crippen LogP contribution in [-0.4, -0.2) is 21.0 Å². The third kappa shape index (κ3) is 2.48. The van der Waals surface area contributed by atoms with Crippen molar-refractivity contribution in [3.05, 3.63) is 41.4 Å². The van der Waals surface area contributed by atoms with Gasteiger partial charge in [-0.25, -0.2) is 4.98 Å². The molecule has 0 aliphatic heterocycles. The summed E-state index contributed by atoms with van der Waals surface area (Å²) in [7, 11) is 0. The number of aromatic nitrogens is 2. The van der Waals surface area contributed by atoms with E-state index in [1.807, 2.05) is 13.8 Å². The lowest BCUT2D eigenvalue weighted by atomic mass is 10.2. The highest BCUT2D eigenvalue weighted by molar-refractivity contribution is 5.96. The van der Waals surface area contributed by atoms with Crippen LogP contribution in [0.2, 0.25) is 0 Å². The van der Waals surface area contributed by atoms with Gasteiger partial charge in [0.2, 0.25) is 5.89 Å². The minimum absolute atomic E-state index is 0.158. The molecule has 6 heteroatoms. The maximum atomic E-state index is 11.8. The predicted molar refractivity (Wildman–Crippen MR) is 63.0 cm³/mol. The standard InChI is InChI=1S/C12H13N3O3/c1-7-8(2)18-11(15-7)6-14-12(17)9-3-4-13-5-10(9)16/h3-5,16H,6H2,1-2H3,(H,14,17). The Balaban J connectivity index is 2.03. The van der Waals surface area contributed by atoms with Crippen molar-refractivity contribution in [3.63, 3.8) is 0 Å². The summed E-state index contributed by atoms with van der Waals surface area (Å²) in [6.07, 6.45) is 2.66. The van der Waals surface area contributed by atoms with Gasteiger partial charge in [0.15, 0.2) is 0 Å². The summed E-state index contributed by atoms with van der Waals surface area (Å²) >= 11 is 0. The summed E-state index contributed by atoms with van der Waals surface area (Å²) in [5, 5.41) is 12.1. The molecule has 2 rings (SSSR count). The molecule has 0 aromatic carbocycles. The highest BCUT2D eigenvalue weighted by Gasteiger charge is 2.12. The Morgan fingerprint density at radius 1 is 1.50 bits per heavy atom. The van der Waals surface area contributed by atoms with Crippen LogP contribution in [0.15, 0.2) is 22.9 Å². The van der Waals surface area contributed by atoms with Gasteiger partial charge < -0.3 is 14.8 Å². The van der Waals surface area contributed by atoms with E-state index in [9.17, 15) is 9.90 Å².